The van der Waals surface area contributed by atoms with E-state index in [4.69, 9.17) is 4.52 Å². The maximum Gasteiger partial charge on any atom is 0.315 e. The van der Waals surface area contributed by atoms with Gasteiger partial charge < -0.3 is 20.3 Å². The highest BCUT2D eigenvalue weighted by Gasteiger charge is 2.32. The standard InChI is InChI=1S/C17H30N4O3/c1-10(2)13(15-20-14(21-24-15)12-6-7-12)19-16(23)18-9-17(4,5)8-11(3)22/h10-13,22H,6-9H2,1-5H3,(H2,18,19,23). The van der Waals surface area contributed by atoms with Crippen LogP contribution in [0.2, 0.25) is 0 Å². The first-order valence-electron chi connectivity index (χ1n) is 8.74. The number of nitrogens with zero attached hydrogens (tertiary/aromatic N) is 2. The third-order valence-corrected chi connectivity index (χ3v) is 4.19. The molecule has 1 fully saturated rings. The lowest BCUT2D eigenvalue weighted by atomic mass is 9.87. The average molecular weight is 338 g/mol. The molecule has 1 aromatic heterocycles. The van der Waals surface area contributed by atoms with Gasteiger partial charge in [0.1, 0.15) is 6.04 Å². The first-order chi connectivity index (χ1) is 11.2. The van der Waals surface area contributed by atoms with Crippen molar-refractivity contribution in [1.29, 1.82) is 0 Å². The maximum atomic E-state index is 12.2. The van der Waals surface area contributed by atoms with Gasteiger partial charge in [0.25, 0.3) is 0 Å². The van der Waals surface area contributed by atoms with Gasteiger partial charge in [0, 0.05) is 12.5 Å². The van der Waals surface area contributed by atoms with Crippen LogP contribution in [0.15, 0.2) is 4.52 Å². The van der Waals surface area contributed by atoms with Crippen LogP contribution in [0.1, 0.15) is 77.6 Å². The van der Waals surface area contributed by atoms with Crippen LogP contribution >= 0.6 is 0 Å². The van der Waals surface area contributed by atoms with Crippen molar-refractivity contribution in [3.8, 4) is 0 Å². The zero-order valence-electron chi connectivity index (χ0n) is 15.3. The number of carbonyl (C=O) groups excluding carboxylic acids is 1. The number of carbonyl (C=O) groups is 1. The van der Waals surface area contributed by atoms with Gasteiger partial charge >= 0.3 is 6.03 Å². The second-order valence-electron chi connectivity index (χ2n) is 8.03. The third-order valence-electron chi connectivity index (χ3n) is 4.19. The Labute approximate surface area is 143 Å². The SMILES string of the molecule is CC(O)CC(C)(C)CNC(=O)NC(c1nc(C2CC2)no1)C(C)C. The number of aliphatic hydroxyl groups excluding tert-OH is 1. The lowest BCUT2D eigenvalue weighted by molar-refractivity contribution is 0.128. The van der Waals surface area contributed by atoms with Gasteiger partial charge in [-0.05, 0) is 37.5 Å². The highest BCUT2D eigenvalue weighted by Crippen LogP contribution is 2.38. The summed E-state index contributed by atoms with van der Waals surface area (Å²) < 4.78 is 5.35. The number of urea groups is 1. The maximum absolute atomic E-state index is 12.2. The van der Waals surface area contributed by atoms with Gasteiger partial charge in [-0.25, -0.2) is 4.79 Å². The van der Waals surface area contributed by atoms with E-state index in [1.54, 1.807) is 6.92 Å². The van der Waals surface area contributed by atoms with Gasteiger partial charge in [-0.15, -0.1) is 0 Å². The molecule has 7 nitrogen and oxygen atoms in total. The van der Waals surface area contributed by atoms with Gasteiger partial charge in [0.15, 0.2) is 5.82 Å². The van der Waals surface area contributed by atoms with Gasteiger partial charge in [0.2, 0.25) is 5.89 Å². The Morgan fingerprint density at radius 3 is 2.58 bits per heavy atom. The van der Waals surface area contributed by atoms with Crippen LogP contribution in [-0.2, 0) is 0 Å². The molecule has 2 atom stereocenters. The molecule has 1 saturated carbocycles. The zero-order valence-corrected chi connectivity index (χ0v) is 15.3. The molecule has 1 heterocycles. The summed E-state index contributed by atoms with van der Waals surface area (Å²) in [5, 5.41) is 19.3. The molecule has 1 aliphatic carbocycles. The Hall–Kier alpha value is -1.63. The number of aromatic nitrogens is 2. The number of hydrogen-bond acceptors (Lipinski definition) is 5. The Morgan fingerprint density at radius 2 is 2.04 bits per heavy atom. The Morgan fingerprint density at radius 1 is 1.38 bits per heavy atom. The molecular weight excluding hydrogens is 308 g/mol. The molecular formula is C17H30N4O3. The zero-order chi connectivity index (χ0) is 17.9. The summed E-state index contributed by atoms with van der Waals surface area (Å²) in [4.78, 5) is 16.7. The summed E-state index contributed by atoms with van der Waals surface area (Å²) in [7, 11) is 0. The molecule has 0 aromatic carbocycles. The fourth-order valence-electron chi connectivity index (χ4n) is 2.78. The van der Waals surface area contributed by atoms with Crippen LogP contribution in [-0.4, -0.2) is 33.9 Å². The van der Waals surface area contributed by atoms with Crippen LogP contribution < -0.4 is 10.6 Å². The van der Waals surface area contributed by atoms with Crippen molar-refractivity contribution in [2.24, 2.45) is 11.3 Å². The summed E-state index contributed by atoms with van der Waals surface area (Å²) in [5.74, 6) is 1.76. The molecule has 1 aromatic rings. The van der Waals surface area contributed by atoms with E-state index in [1.807, 2.05) is 27.7 Å². The summed E-state index contributed by atoms with van der Waals surface area (Å²) in [6, 6.07) is -0.580. The van der Waals surface area contributed by atoms with Crippen molar-refractivity contribution in [3.63, 3.8) is 0 Å². The van der Waals surface area contributed by atoms with Gasteiger partial charge in [-0.2, -0.15) is 4.98 Å². The predicted molar refractivity (Wildman–Crippen MR) is 90.5 cm³/mol. The molecule has 0 spiro atoms. The molecule has 0 aliphatic heterocycles. The molecule has 2 rings (SSSR count). The third kappa shape index (κ3) is 5.47. The summed E-state index contributed by atoms with van der Waals surface area (Å²) >= 11 is 0. The minimum absolute atomic E-state index is 0.133. The fourth-order valence-corrected chi connectivity index (χ4v) is 2.78. The van der Waals surface area contributed by atoms with Crippen molar-refractivity contribution < 1.29 is 14.4 Å². The number of hydrogen-bond donors (Lipinski definition) is 3. The molecule has 0 saturated heterocycles. The highest BCUT2D eigenvalue weighted by molar-refractivity contribution is 5.74. The molecule has 24 heavy (non-hydrogen) atoms. The lowest BCUT2D eigenvalue weighted by Crippen LogP contribution is -2.44. The van der Waals surface area contributed by atoms with Crippen LogP contribution in [0.4, 0.5) is 4.79 Å². The number of rotatable bonds is 8. The molecule has 7 heteroatoms. The predicted octanol–water partition coefficient (Wildman–Crippen LogP) is 2.74. The van der Waals surface area contributed by atoms with Crippen LogP contribution in [0, 0.1) is 11.3 Å². The molecule has 0 bridgehead atoms. The van der Waals surface area contributed by atoms with Crippen LogP contribution in [0.3, 0.4) is 0 Å². The molecule has 1 aliphatic rings. The van der Waals surface area contributed by atoms with E-state index >= 15 is 0 Å². The second-order valence-corrected chi connectivity index (χ2v) is 8.03. The first-order valence-corrected chi connectivity index (χ1v) is 8.74. The van der Waals surface area contributed by atoms with Gasteiger partial charge in [-0.3, -0.25) is 0 Å². The van der Waals surface area contributed by atoms with E-state index in [-0.39, 0.29) is 23.4 Å². The highest BCUT2D eigenvalue weighted by atomic mass is 16.5. The first kappa shape index (κ1) is 18.7. The molecule has 2 unspecified atom stereocenters. The van der Waals surface area contributed by atoms with Crippen molar-refractivity contribution >= 4 is 6.03 Å². The van der Waals surface area contributed by atoms with Crippen molar-refractivity contribution in [2.45, 2.75) is 71.9 Å². The number of aliphatic hydroxyl groups is 1. The monoisotopic (exact) mass is 338 g/mol. The van der Waals surface area contributed by atoms with Crippen molar-refractivity contribution in [1.82, 2.24) is 20.8 Å². The topological polar surface area (TPSA) is 100 Å². The summed E-state index contributed by atoms with van der Waals surface area (Å²) in [6.45, 7) is 10.3. The molecule has 3 N–H and O–H groups in total. The fraction of sp³-hybridized carbons (Fsp3) is 0.824. The molecule has 0 radical (unpaired) electrons. The smallest absolute Gasteiger partial charge is 0.315 e. The quantitative estimate of drug-likeness (QED) is 0.677. The van der Waals surface area contributed by atoms with E-state index in [0.29, 0.717) is 24.8 Å². The molecule has 2 amide bonds. The van der Waals surface area contributed by atoms with E-state index in [9.17, 15) is 9.90 Å². The Kier molecular flexibility index (Phi) is 5.85. The van der Waals surface area contributed by atoms with Crippen molar-refractivity contribution in [3.05, 3.63) is 11.7 Å². The lowest BCUT2D eigenvalue weighted by Gasteiger charge is -2.27. The number of amides is 2. The van der Waals surface area contributed by atoms with E-state index in [0.717, 1.165) is 18.7 Å². The summed E-state index contributed by atoms with van der Waals surface area (Å²) in [6.07, 6.45) is 2.44. The minimum Gasteiger partial charge on any atom is -0.393 e. The van der Waals surface area contributed by atoms with E-state index in [2.05, 4.69) is 20.8 Å². The largest absolute Gasteiger partial charge is 0.393 e. The van der Waals surface area contributed by atoms with Gasteiger partial charge in [-0.1, -0.05) is 32.9 Å². The van der Waals surface area contributed by atoms with Crippen LogP contribution in [0.25, 0.3) is 0 Å². The minimum atomic E-state index is -0.396. The summed E-state index contributed by atoms with van der Waals surface area (Å²) in [5.41, 5.74) is -0.178. The number of nitrogens with one attached hydrogen (secondary N) is 2. The van der Waals surface area contributed by atoms with E-state index in [1.165, 1.54) is 0 Å². The second kappa shape index (κ2) is 7.51. The average Bonchev–Trinajstić information content (AvgIpc) is 3.19. The molecule has 136 valence electrons. The normalized spacial score (nSPS) is 17.6. The van der Waals surface area contributed by atoms with Crippen LogP contribution in [0.5, 0.6) is 0 Å². The van der Waals surface area contributed by atoms with Gasteiger partial charge in [0.05, 0.1) is 6.10 Å². The van der Waals surface area contributed by atoms with Crippen molar-refractivity contribution in [2.75, 3.05) is 6.54 Å². The Bertz CT molecular complexity index is 550. The van der Waals surface area contributed by atoms with E-state index < -0.39 is 6.10 Å². The Balaban J connectivity index is 1.90.